The number of aromatic hydroxyl groups is 1. The van der Waals surface area contributed by atoms with E-state index in [-0.39, 0.29) is 56.5 Å². The van der Waals surface area contributed by atoms with Crippen LogP contribution in [0.25, 0.3) is 0 Å². The van der Waals surface area contributed by atoms with Gasteiger partial charge in [0.15, 0.2) is 0 Å². The van der Waals surface area contributed by atoms with E-state index in [9.17, 15) is 10.1 Å². The molecule has 0 unspecified atom stereocenters. The zero-order valence-corrected chi connectivity index (χ0v) is 11.7. The number of nitro groups is 1. The van der Waals surface area contributed by atoms with E-state index in [4.69, 9.17) is 32.0 Å². The fourth-order valence-corrected chi connectivity index (χ4v) is 0.695. The molecular weight excluding hydrogens is 273 g/mol. The molecule has 1 heterocycles. The van der Waals surface area contributed by atoms with Gasteiger partial charge in [0.1, 0.15) is 0 Å². The largest absolute Gasteiger partial charge is 1.00 e. The molecule has 0 atom stereocenters. The van der Waals surface area contributed by atoms with Crippen LogP contribution in [-0.4, -0.2) is 20.1 Å². The van der Waals surface area contributed by atoms with Gasteiger partial charge in [-0.25, -0.2) is 0 Å². The molecule has 16 heavy (non-hydrogen) atoms. The van der Waals surface area contributed by atoms with Gasteiger partial charge in [-0.1, -0.05) is 0 Å². The second-order valence-corrected chi connectivity index (χ2v) is 2.34. The Labute approximate surface area is 136 Å². The second-order valence-electron chi connectivity index (χ2n) is 1.96. The van der Waals surface area contributed by atoms with E-state index in [0.717, 1.165) is 6.07 Å². The van der Waals surface area contributed by atoms with Crippen molar-refractivity contribution in [3.8, 4) is 5.75 Å². The van der Waals surface area contributed by atoms with Crippen molar-refractivity contribution in [1.82, 2.24) is 4.98 Å². The molecule has 0 radical (unpaired) electrons. The van der Waals surface area contributed by atoms with Crippen molar-refractivity contribution in [2.24, 2.45) is 0 Å². The first-order valence-electron chi connectivity index (χ1n) is 3.16. The molecule has 0 aliphatic heterocycles. The predicted molar refractivity (Wildman–Crippen MR) is 47.9 cm³/mol. The first kappa shape index (κ1) is 17.9. The molecule has 0 saturated carbocycles. The molecule has 0 aliphatic rings. The maximum Gasteiger partial charge on any atom is 1.00 e. The van der Waals surface area contributed by atoms with Crippen molar-refractivity contribution in [3.63, 3.8) is 0 Å². The average molecular weight is 276 g/mol. The van der Waals surface area contributed by atoms with Gasteiger partial charge in [-0.2, -0.15) is 0 Å². The summed E-state index contributed by atoms with van der Waals surface area (Å²) in [5, 5.41) is 33.7. The quantitative estimate of drug-likeness (QED) is 0.273. The molecule has 9 nitrogen and oxygen atoms in total. The van der Waals surface area contributed by atoms with Crippen molar-refractivity contribution < 1.29 is 66.5 Å². The third-order valence-electron chi connectivity index (χ3n) is 0.993. The van der Waals surface area contributed by atoms with Crippen molar-refractivity contribution in [2.75, 3.05) is 0 Å². The van der Waals surface area contributed by atoms with Crippen LogP contribution in [0.4, 0.5) is 5.82 Å². The Morgan fingerprint density at radius 3 is 2.00 bits per heavy atom. The third-order valence-corrected chi connectivity index (χ3v) is 1.20. The molecule has 1 N–H and O–H groups in total. The number of hydrogen-bond acceptors (Lipinski definition) is 7. The van der Waals surface area contributed by atoms with Crippen LogP contribution in [0.2, 0.25) is 5.15 Å². The van der Waals surface area contributed by atoms with Crippen LogP contribution in [0.5, 0.6) is 5.75 Å². The normalized spacial score (nSPS) is 8.06. The summed E-state index contributed by atoms with van der Waals surface area (Å²) in [5.41, 5.74) is 0. The Bertz CT molecular complexity index is 384. The fourth-order valence-electron chi connectivity index (χ4n) is 0.552. The summed E-state index contributed by atoms with van der Waals surface area (Å²) in [7, 11) is 0. The van der Waals surface area contributed by atoms with E-state index in [2.05, 4.69) is 4.98 Å². The summed E-state index contributed by atoms with van der Waals surface area (Å²) in [6, 6.07) is 2.39. The number of nitrogens with zero attached hydrogens (tertiary/aromatic N) is 3. The minimum atomic E-state index is -1.75. The van der Waals surface area contributed by atoms with Gasteiger partial charge < -0.3 is 30.5 Å². The number of hydrogen-bond donors (Lipinski definition) is 1. The van der Waals surface area contributed by atoms with Gasteiger partial charge in [-0.05, 0) is 27.6 Å². The summed E-state index contributed by atoms with van der Waals surface area (Å²) in [4.78, 5) is 20.8. The third kappa shape index (κ3) is 7.73. The smallest absolute Gasteiger partial charge is 0.501 e. The molecule has 1 aromatic rings. The Morgan fingerprint density at radius 1 is 1.25 bits per heavy atom. The van der Waals surface area contributed by atoms with Crippen LogP contribution in [0, 0.1) is 25.4 Å². The van der Waals surface area contributed by atoms with E-state index in [0.29, 0.717) is 0 Å². The van der Waals surface area contributed by atoms with Gasteiger partial charge >= 0.3 is 57.2 Å². The molecular formula is C5H3ClKN3O6. The monoisotopic (exact) mass is 275 g/mol. The zero-order chi connectivity index (χ0) is 12.0. The van der Waals surface area contributed by atoms with Crippen molar-refractivity contribution in [3.05, 3.63) is 42.7 Å². The van der Waals surface area contributed by atoms with Crippen LogP contribution in [0.3, 0.4) is 0 Å². The maximum absolute atomic E-state index is 10.1. The summed E-state index contributed by atoms with van der Waals surface area (Å²) in [6.45, 7) is 0. The topological polar surface area (TPSA) is 142 Å². The van der Waals surface area contributed by atoms with Gasteiger partial charge in [0.2, 0.25) is 10.9 Å². The summed E-state index contributed by atoms with van der Waals surface area (Å²) < 4.78 is 0. The number of rotatable bonds is 1. The standard InChI is InChI=1S/C5H3ClN2O3.K.NO3/c6-4-2-1-3(9)5(7-4)8(10)11;;2-1(3)4/h1-2,9H;;/q;+1;-1. The van der Waals surface area contributed by atoms with Crippen LogP contribution in [0.15, 0.2) is 12.1 Å². The maximum atomic E-state index is 10.1. The minimum absolute atomic E-state index is 0. The molecule has 0 aliphatic carbocycles. The Balaban J connectivity index is 0. The van der Waals surface area contributed by atoms with Gasteiger partial charge in [-0.3, -0.25) is 0 Å². The van der Waals surface area contributed by atoms with Gasteiger partial charge in [0.25, 0.3) is 0 Å². The van der Waals surface area contributed by atoms with Gasteiger partial charge in [-0.15, -0.1) is 0 Å². The van der Waals surface area contributed by atoms with Crippen LogP contribution < -0.4 is 51.4 Å². The number of pyridine rings is 1. The molecule has 11 heteroatoms. The van der Waals surface area contributed by atoms with E-state index in [1.165, 1.54) is 6.07 Å². The molecule has 82 valence electrons. The van der Waals surface area contributed by atoms with E-state index in [1.54, 1.807) is 0 Å². The molecule has 1 rings (SSSR count). The Morgan fingerprint density at radius 2 is 1.69 bits per heavy atom. The first-order valence-corrected chi connectivity index (χ1v) is 3.53. The molecule has 0 bridgehead atoms. The molecule has 0 amide bonds. The molecule has 0 aromatic carbocycles. The molecule has 0 spiro atoms. The Kier molecular flexibility index (Phi) is 9.61. The predicted octanol–water partition coefficient (Wildman–Crippen LogP) is -1.89. The summed E-state index contributed by atoms with van der Waals surface area (Å²) >= 11 is 5.33. The first-order chi connectivity index (χ1) is 6.84. The number of halogens is 1. The van der Waals surface area contributed by atoms with Crippen molar-refractivity contribution in [2.45, 2.75) is 0 Å². The molecule has 0 fully saturated rings. The zero-order valence-electron chi connectivity index (χ0n) is 7.86. The van der Waals surface area contributed by atoms with Crippen LogP contribution >= 0.6 is 11.6 Å². The SMILES string of the molecule is O=[N+]([O-])[O-].O=[N+]([O-])c1nc(Cl)ccc1O.[K+]. The minimum Gasteiger partial charge on any atom is -0.501 e. The number of aromatic nitrogens is 1. The summed E-state index contributed by atoms with van der Waals surface area (Å²) in [6.07, 6.45) is 0. The van der Waals surface area contributed by atoms with Crippen LogP contribution in [-0.2, 0) is 0 Å². The van der Waals surface area contributed by atoms with E-state index < -0.39 is 21.6 Å². The Hall–Kier alpha value is -0.524. The van der Waals surface area contributed by atoms with Gasteiger partial charge in [0.05, 0.1) is 5.09 Å². The molecule has 0 saturated heterocycles. The second kappa shape index (κ2) is 8.61. The van der Waals surface area contributed by atoms with E-state index in [1.807, 2.05) is 0 Å². The average Bonchev–Trinajstić information content (AvgIpc) is 2.08. The fraction of sp³-hybridized carbons (Fsp3) is 0. The van der Waals surface area contributed by atoms with Crippen molar-refractivity contribution in [1.29, 1.82) is 0 Å². The molecule has 1 aromatic heterocycles. The van der Waals surface area contributed by atoms with Gasteiger partial charge in [0, 0.05) is 6.07 Å². The van der Waals surface area contributed by atoms with Crippen molar-refractivity contribution >= 4 is 17.4 Å². The summed E-state index contributed by atoms with van der Waals surface area (Å²) in [5.74, 6) is -1.11. The van der Waals surface area contributed by atoms with Crippen LogP contribution in [0.1, 0.15) is 0 Å². The van der Waals surface area contributed by atoms with E-state index >= 15 is 0 Å².